The first-order valence-corrected chi connectivity index (χ1v) is 10.3. The zero-order valence-corrected chi connectivity index (χ0v) is 17.5. The topological polar surface area (TPSA) is 29.5 Å². The van der Waals surface area contributed by atoms with Gasteiger partial charge in [0.15, 0.2) is 0 Å². The fraction of sp³-hybridized carbons (Fsp3) is 0.391. The molecule has 3 heteroatoms. The molecule has 0 spiro atoms. The van der Waals surface area contributed by atoms with Gasteiger partial charge in [0.25, 0.3) is 0 Å². The third-order valence-corrected chi connectivity index (χ3v) is 5.38. The summed E-state index contributed by atoms with van der Waals surface area (Å²) in [5.74, 6) is 0.960. The molecule has 0 amide bonds. The fourth-order valence-corrected chi connectivity index (χ4v) is 3.11. The van der Waals surface area contributed by atoms with Gasteiger partial charge in [-0.05, 0) is 86.9 Å². The Balaban J connectivity index is 2.17. The van der Waals surface area contributed by atoms with E-state index in [1.165, 1.54) is 4.90 Å². The summed E-state index contributed by atoms with van der Waals surface area (Å²) in [7, 11) is 0. The number of rotatable bonds is 7. The fourth-order valence-electron chi connectivity index (χ4n) is 2.70. The van der Waals surface area contributed by atoms with Crippen LogP contribution in [0.25, 0.3) is 6.08 Å². The molecule has 0 fully saturated rings. The molecule has 0 bridgehead atoms. The van der Waals surface area contributed by atoms with Gasteiger partial charge in [-0.15, -0.1) is 11.8 Å². The van der Waals surface area contributed by atoms with E-state index in [1.54, 1.807) is 11.8 Å². The zero-order valence-electron chi connectivity index (χ0n) is 16.7. The standard InChI is InChI=1S/C23H30O2S/c1-7-23(4,5)25-22-16(2)14-18(15-17(22)3)8-13-21(24)19-9-11-20(26-6)12-10-19/h8-15,21,24H,7H2,1-6H3/b13-8-. The zero-order chi connectivity index (χ0) is 19.3. The van der Waals surface area contributed by atoms with Crippen molar-refractivity contribution in [2.24, 2.45) is 0 Å². The van der Waals surface area contributed by atoms with Gasteiger partial charge in [0, 0.05) is 4.90 Å². The number of aryl methyl sites for hydroxylation is 2. The summed E-state index contributed by atoms with van der Waals surface area (Å²) in [4.78, 5) is 1.20. The van der Waals surface area contributed by atoms with E-state index in [9.17, 15) is 5.11 Å². The van der Waals surface area contributed by atoms with Crippen LogP contribution in [-0.2, 0) is 0 Å². The highest BCUT2D eigenvalue weighted by Gasteiger charge is 2.19. The molecule has 0 saturated carbocycles. The predicted molar refractivity (Wildman–Crippen MR) is 113 cm³/mol. The van der Waals surface area contributed by atoms with Crippen LogP contribution < -0.4 is 4.74 Å². The van der Waals surface area contributed by atoms with Gasteiger partial charge in [-0.1, -0.05) is 31.2 Å². The highest BCUT2D eigenvalue weighted by molar-refractivity contribution is 7.98. The van der Waals surface area contributed by atoms with Crippen molar-refractivity contribution in [2.75, 3.05) is 6.26 Å². The van der Waals surface area contributed by atoms with Crippen molar-refractivity contribution < 1.29 is 9.84 Å². The minimum absolute atomic E-state index is 0.175. The van der Waals surface area contributed by atoms with Crippen LogP contribution in [-0.4, -0.2) is 17.0 Å². The lowest BCUT2D eigenvalue weighted by molar-refractivity contribution is 0.103. The summed E-state index contributed by atoms with van der Waals surface area (Å²) < 4.78 is 6.21. The van der Waals surface area contributed by atoms with E-state index < -0.39 is 6.10 Å². The smallest absolute Gasteiger partial charge is 0.125 e. The molecule has 0 aliphatic carbocycles. The monoisotopic (exact) mass is 370 g/mol. The van der Waals surface area contributed by atoms with Crippen molar-refractivity contribution >= 4 is 17.8 Å². The van der Waals surface area contributed by atoms with Crippen LogP contribution in [0.5, 0.6) is 5.75 Å². The molecule has 0 heterocycles. The summed E-state index contributed by atoms with van der Waals surface area (Å²) in [5.41, 5.74) is 4.03. The van der Waals surface area contributed by atoms with Crippen LogP contribution in [0.3, 0.4) is 0 Å². The lowest BCUT2D eigenvalue weighted by Crippen LogP contribution is -2.27. The van der Waals surface area contributed by atoms with Gasteiger partial charge in [-0.3, -0.25) is 0 Å². The number of aliphatic hydroxyl groups is 1. The number of aliphatic hydroxyl groups excluding tert-OH is 1. The molecule has 140 valence electrons. The Morgan fingerprint density at radius 2 is 1.69 bits per heavy atom. The summed E-state index contributed by atoms with van der Waals surface area (Å²) in [6.45, 7) is 10.5. The van der Waals surface area contributed by atoms with Crippen molar-refractivity contribution in [1.82, 2.24) is 0 Å². The number of hydrogen-bond acceptors (Lipinski definition) is 3. The van der Waals surface area contributed by atoms with Crippen LogP contribution in [0.2, 0.25) is 0 Å². The van der Waals surface area contributed by atoms with Crippen LogP contribution >= 0.6 is 11.8 Å². The molecule has 1 atom stereocenters. The third kappa shape index (κ3) is 5.39. The molecular weight excluding hydrogens is 340 g/mol. The van der Waals surface area contributed by atoms with E-state index >= 15 is 0 Å². The van der Waals surface area contributed by atoms with Crippen molar-refractivity contribution in [2.45, 2.75) is 57.6 Å². The molecule has 2 aromatic carbocycles. The molecule has 1 unspecified atom stereocenters. The summed E-state index contributed by atoms with van der Waals surface area (Å²) in [5, 5.41) is 10.4. The molecule has 0 aromatic heterocycles. The SMILES string of the molecule is CCC(C)(C)Oc1c(C)cc(/C=C\C(O)c2ccc(SC)cc2)cc1C. The van der Waals surface area contributed by atoms with Crippen molar-refractivity contribution in [3.8, 4) is 5.75 Å². The normalized spacial score (nSPS) is 13.2. The molecule has 0 saturated heterocycles. The van der Waals surface area contributed by atoms with Gasteiger partial charge >= 0.3 is 0 Å². The van der Waals surface area contributed by atoms with E-state index in [2.05, 4.69) is 46.8 Å². The van der Waals surface area contributed by atoms with Crippen molar-refractivity contribution in [3.05, 3.63) is 64.7 Å². The molecule has 2 nitrogen and oxygen atoms in total. The van der Waals surface area contributed by atoms with E-state index in [4.69, 9.17) is 4.74 Å². The van der Waals surface area contributed by atoms with Crippen LogP contribution in [0, 0.1) is 13.8 Å². The van der Waals surface area contributed by atoms with Crippen LogP contribution in [0.1, 0.15) is 55.5 Å². The highest BCUT2D eigenvalue weighted by Crippen LogP contribution is 2.30. The molecule has 26 heavy (non-hydrogen) atoms. The van der Waals surface area contributed by atoms with E-state index in [0.29, 0.717) is 0 Å². The molecule has 2 aromatic rings. The van der Waals surface area contributed by atoms with E-state index in [1.807, 2.05) is 42.7 Å². The van der Waals surface area contributed by atoms with Crippen molar-refractivity contribution in [3.63, 3.8) is 0 Å². The lowest BCUT2D eigenvalue weighted by atomic mass is 10.0. The maximum absolute atomic E-state index is 10.4. The molecular formula is C23H30O2S. The van der Waals surface area contributed by atoms with Crippen molar-refractivity contribution in [1.29, 1.82) is 0 Å². The first-order chi connectivity index (χ1) is 12.3. The highest BCUT2D eigenvalue weighted by atomic mass is 32.2. The molecule has 0 aliphatic heterocycles. The number of hydrogen-bond donors (Lipinski definition) is 1. The second-order valence-corrected chi connectivity index (χ2v) is 8.16. The van der Waals surface area contributed by atoms with Gasteiger partial charge in [0.2, 0.25) is 0 Å². The average Bonchev–Trinajstić information content (AvgIpc) is 2.63. The van der Waals surface area contributed by atoms with Gasteiger partial charge in [0.05, 0.1) is 6.10 Å². The van der Waals surface area contributed by atoms with Gasteiger partial charge < -0.3 is 9.84 Å². The summed E-state index contributed by atoms with van der Waals surface area (Å²) in [6, 6.07) is 12.2. The minimum Gasteiger partial charge on any atom is -0.487 e. The van der Waals surface area contributed by atoms with E-state index in [0.717, 1.165) is 34.4 Å². The Bertz CT molecular complexity index is 737. The Morgan fingerprint density at radius 1 is 1.12 bits per heavy atom. The Morgan fingerprint density at radius 3 is 2.19 bits per heavy atom. The second-order valence-electron chi connectivity index (χ2n) is 7.28. The quantitative estimate of drug-likeness (QED) is 0.577. The molecule has 2 rings (SSSR count). The predicted octanol–water partition coefficient (Wildman–Crippen LogP) is 6.34. The number of ether oxygens (including phenoxy) is 1. The number of benzene rings is 2. The van der Waals surface area contributed by atoms with Gasteiger partial charge in [0.1, 0.15) is 11.4 Å². The van der Waals surface area contributed by atoms with Crippen LogP contribution in [0.4, 0.5) is 0 Å². The third-order valence-electron chi connectivity index (χ3n) is 4.64. The average molecular weight is 371 g/mol. The van der Waals surface area contributed by atoms with E-state index in [-0.39, 0.29) is 5.60 Å². The largest absolute Gasteiger partial charge is 0.487 e. The van der Waals surface area contributed by atoms with Crippen LogP contribution in [0.15, 0.2) is 47.4 Å². The molecule has 0 aliphatic rings. The minimum atomic E-state index is -0.610. The lowest BCUT2D eigenvalue weighted by Gasteiger charge is -2.27. The summed E-state index contributed by atoms with van der Waals surface area (Å²) in [6.07, 6.45) is 6.20. The first-order valence-electron chi connectivity index (χ1n) is 9.06. The Hall–Kier alpha value is -1.71. The number of thioether (sulfide) groups is 1. The maximum atomic E-state index is 10.4. The Labute approximate surface area is 162 Å². The molecule has 0 radical (unpaired) electrons. The van der Waals surface area contributed by atoms with Gasteiger partial charge in [-0.25, -0.2) is 0 Å². The first kappa shape index (κ1) is 20.6. The Kier molecular flexibility index (Phi) is 6.96. The summed E-state index contributed by atoms with van der Waals surface area (Å²) >= 11 is 1.70. The second kappa shape index (κ2) is 8.79. The molecule has 1 N–H and O–H groups in total. The van der Waals surface area contributed by atoms with Gasteiger partial charge in [-0.2, -0.15) is 0 Å². The maximum Gasteiger partial charge on any atom is 0.125 e.